The van der Waals surface area contributed by atoms with Gasteiger partial charge in [0.25, 0.3) is 0 Å². The molecule has 1 aromatic heterocycles. The predicted molar refractivity (Wildman–Crippen MR) is 71.9 cm³/mol. The summed E-state index contributed by atoms with van der Waals surface area (Å²) < 4.78 is 0. The fraction of sp³-hybridized carbons (Fsp3) is 0.538. The Morgan fingerprint density at radius 2 is 1.88 bits per heavy atom. The fourth-order valence-corrected chi connectivity index (χ4v) is 0.925. The van der Waals surface area contributed by atoms with Crippen LogP contribution in [0.15, 0.2) is 23.1 Å². The molecule has 0 saturated heterocycles. The number of amides is 1. The third-order valence-corrected chi connectivity index (χ3v) is 1.65. The minimum Gasteiger partial charge on any atom is -0.352 e. The topological polar surface area (TPSA) is 62.0 Å². The molecule has 0 fully saturated rings. The molecule has 0 saturated carbocycles. The molecule has 1 aromatic rings. The van der Waals surface area contributed by atoms with Crippen LogP contribution in [-0.4, -0.2) is 10.9 Å². The lowest BCUT2D eigenvalue weighted by molar-refractivity contribution is -0.120. The van der Waals surface area contributed by atoms with Gasteiger partial charge < -0.3 is 10.3 Å². The highest BCUT2D eigenvalue weighted by Crippen LogP contribution is 1.91. The molecule has 0 aliphatic heterocycles. The van der Waals surface area contributed by atoms with E-state index in [0.29, 0.717) is 13.0 Å². The summed E-state index contributed by atoms with van der Waals surface area (Å²) in [4.78, 5) is 24.2. The number of H-pyrrole nitrogens is 1. The first kappa shape index (κ1) is 17.8. The average molecular weight is 240 g/mol. The van der Waals surface area contributed by atoms with Crippen molar-refractivity contribution < 1.29 is 4.79 Å². The minimum absolute atomic E-state index is 0.0136. The smallest absolute Gasteiger partial charge is 0.248 e. The lowest BCUT2D eigenvalue weighted by Gasteiger charge is -2.01. The van der Waals surface area contributed by atoms with Gasteiger partial charge in [-0.15, -0.1) is 0 Å². The van der Waals surface area contributed by atoms with Crippen molar-refractivity contribution in [1.82, 2.24) is 10.3 Å². The first-order chi connectivity index (χ1) is 8.22. The van der Waals surface area contributed by atoms with Gasteiger partial charge in [0.05, 0.1) is 0 Å². The summed E-state index contributed by atoms with van der Waals surface area (Å²) in [5, 5.41) is 2.68. The van der Waals surface area contributed by atoms with Crippen molar-refractivity contribution in [1.29, 1.82) is 0 Å². The summed E-state index contributed by atoms with van der Waals surface area (Å²) in [6.07, 6.45) is 2.03. The number of nitrogens with one attached hydrogen (secondary N) is 2. The Labute approximate surface area is 103 Å². The zero-order chi connectivity index (χ0) is 13.7. The third kappa shape index (κ3) is 9.35. The molecule has 2 N–H and O–H groups in total. The van der Waals surface area contributed by atoms with Crippen LogP contribution in [0.25, 0.3) is 0 Å². The van der Waals surface area contributed by atoms with E-state index in [1.807, 2.05) is 27.7 Å². The molecule has 0 bridgehead atoms. The molecule has 4 heteroatoms. The van der Waals surface area contributed by atoms with Gasteiger partial charge in [0, 0.05) is 25.2 Å². The van der Waals surface area contributed by atoms with Crippen LogP contribution in [-0.2, 0) is 11.3 Å². The van der Waals surface area contributed by atoms with Gasteiger partial charge in [-0.25, -0.2) is 0 Å². The summed E-state index contributed by atoms with van der Waals surface area (Å²) in [5.74, 6) is -0.0136. The van der Waals surface area contributed by atoms with Gasteiger partial charge in [0.1, 0.15) is 0 Å². The minimum atomic E-state index is -0.150. The zero-order valence-electron chi connectivity index (χ0n) is 11.5. The Morgan fingerprint density at radius 3 is 2.35 bits per heavy atom. The van der Waals surface area contributed by atoms with Crippen molar-refractivity contribution in [3.63, 3.8) is 0 Å². The first-order valence-electron chi connectivity index (χ1n) is 6.16. The number of carbonyl (C=O) groups excluding carboxylic acids is 1. The highest BCUT2D eigenvalue weighted by Gasteiger charge is 1.97. The summed E-state index contributed by atoms with van der Waals surface area (Å²) >= 11 is 0. The molecule has 4 nitrogen and oxygen atoms in total. The number of hydrogen-bond acceptors (Lipinski definition) is 2. The Balaban J connectivity index is 0. The Kier molecular flexibility index (Phi) is 13.1. The third-order valence-electron chi connectivity index (χ3n) is 1.65. The number of pyridine rings is 1. The van der Waals surface area contributed by atoms with Crippen molar-refractivity contribution >= 4 is 5.91 Å². The summed E-state index contributed by atoms with van der Waals surface area (Å²) in [6, 6.07) is 3.23. The second kappa shape index (κ2) is 12.5. The van der Waals surface area contributed by atoms with E-state index in [1.165, 1.54) is 6.07 Å². The second-order valence-corrected chi connectivity index (χ2v) is 2.69. The zero-order valence-corrected chi connectivity index (χ0v) is 11.5. The molecule has 0 unspecified atom stereocenters. The van der Waals surface area contributed by atoms with Crippen LogP contribution in [0.2, 0.25) is 0 Å². The van der Waals surface area contributed by atoms with Crippen LogP contribution < -0.4 is 10.9 Å². The Hall–Kier alpha value is -1.58. The average Bonchev–Trinajstić information content (AvgIpc) is 2.40. The van der Waals surface area contributed by atoms with E-state index in [0.717, 1.165) is 5.56 Å². The molecule has 0 spiro atoms. The molecule has 1 heterocycles. The van der Waals surface area contributed by atoms with E-state index in [4.69, 9.17) is 0 Å². The summed E-state index contributed by atoms with van der Waals surface area (Å²) in [7, 11) is 0. The second-order valence-electron chi connectivity index (χ2n) is 2.69. The number of rotatable bonds is 3. The van der Waals surface area contributed by atoms with E-state index in [2.05, 4.69) is 10.3 Å². The number of aromatic amines is 1. The van der Waals surface area contributed by atoms with Gasteiger partial charge in [-0.1, -0.05) is 34.6 Å². The largest absolute Gasteiger partial charge is 0.352 e. The maximum atomic E-state index is 10.9. The molecule has 0 atom stereocenters. The molecule has 1 rings (SSSR count). The van der Waals surface area contributed by atoms with Crippen LogP contribution in [0, 0.1) is 0 Å². The van der Waals surface area contributed by atoms with Crippen molar-refractivity contribution in [2.75, 3.05) is 0 Å². The lowest BCUT2D eigenvalue weighted by Crippen LogP contribution is -2.22. The monoisotopic (exact) mass is 240 g/mol. The Bertz CT molecular complexity index is 345. The SMILES string of the molecule is CC.CC.CCC(=O)NCc1cc[nH]c(=O)c1. The Morgan fingerprint density at radius 1 is 1.29 bits per heavy atom. The fourth-order valence-electron chi connectivity index (χ4n) is 0.925. The number of hydrogen-bond donors (Lipinski definition) is 2. The molecule has 0 radical (unpaired) electrons. The van der Waals surface area contributed by atoms with E-state index < -0.39 is 0 Å². The van der Waals surface area contributed by atoms with E-state index in [-0.39, 0.29) is 11.5 Å². The predicted octanol–water partition coefficient (Wildman–Crippen LogP) is 2.45. The van der Waals surface area contributed by atoms with E-state index in [9.17, 15) is 9.59 Å². The molecule has 0 aromatic carbocycles. The quantitative estimate of drug-likeness (QED) is 0.852. The maximum Gasteiger partial charge on any atom is 0.248 e. The van der Waals surface area contributed by atoms with E-state index >= 15 is 0 Å². The van der Waals surface area contributed by atoms with Crippen molar-refractivity contribution in [2.45, 2.75) is 47.6 Å². The lowest BCUT2D eigenvalue weighted by atomic mass is 10.2. The summed E-state index contributed by atoms with van der Waals surface area (Å²) in [5.41, 5.74) is 0.661. The standard InChI is InChI=1S/C9H12N2O2.2C2H6/c1-2-8(12)11-6-7-3-4-10-9(13)5-7;2*1-2/h3-5H,2,6H2,1H3,(H,10,13)(H,11,12);2*1-2H3. The van der Waals surface area contributed by atoms with Crippen LogP contribution in [0.1, 0.15) is 46.6 Å². The first-order valence-corrected chi connectivity index (χ1v) is 6.16. The van der Waals surface area contributed by atoms with Crippen LogP contribution in [0.4, 0.5) is 0 Å². The normalized spacial score (nSPS) is 8.06. The van der Waals surface area contributed by atoms with Gasteiger partial charge >= 0.3 is 0 Å². The van der Waals surface area contributed by atoms with Gasteiger partial charge in [-0.05, 0) is 11.6 Å². The number of aromatic nitrogens is 1. The molecule has 17 heavy (non-hydrogen) atoms. The molecule has 0 aliphatic rings. The molecule has 0 aliphatic carbocycles. The molecule has 1 amide bonds. The van der Waals surface area contributed by atoms with Crippen molar-refractivity contribution in [3.05, 3.63) is 34.2 Å². The summed E-state index contributed by atoms with van der Waals surface area (Å²) in [6.45, 7) is 10.2. The van der Waals surface area contributed by atoms with Gasteiger partial charge in [0.15, 0.2) is 0 Å². The highest BCUT2D eigenvalue weighted by atomic mass is 16.1. The molecular formula is C13H24N2O2. The van der Waals surface area contributed by atoms with Crippen molar-refractivity contribution in [2.24, 2.45) is 0 Å². The number of carbonyl (C=O) groups is 1. The highest BCUT2D eigenvalue weighted by molar-refractivity contribution is 5.75. The van der Waals surface area contributed by atoms with Crippen LogP contribution in [0.5, 0.6) is 0 Å². The van der Waals surface area contributed by atoms with Gasteiger partial charge in [-0.3, -0.25) is 9.59 Å². The van der Waals surface area contributed by atoms with E-state index in [1.54, 1.807) is 19.2 Å². The maximum absolute atomic E-state index is 10.9. The molecular weight excluding hydrogens is 216 g/mol. The van der Waals surface area contributed by atoms with Gasteiger partial charge in [0.2, 0.25) is 11.5 Å². The van der Waals surface area contributed by atoms with Crippen LogP contribution >= 0.6 is 0 Å². The molecule has 98 valence electrons. The van der Waals surface area contributed by atoms with Gasteiger partial charge in [-0.2, -0.15) is 0 Å². The van der Waals surface area contributed by atoms with Crippen molar-refractivity contribution in [3.8, 4) is 0 Å². The van der Waals surface area contributed by atoms with Crippen LogP contribution in [0.3, 0.4) is 0 Å².